The zero-order chi connectivity index (χ0) is 18.5. The maximum atomic E-state index is 12.9. The zero-order valence-electron chi connectivity index (χ0n) is 15.6. The number of pyridine rings is 1. The Bertz CT molecular complexity index is 926. The molecule has 0 saturated carbocycles. The summed E-state index contributed by atoms with van der Waals surface area (Å²) in [6.07, 6.45) is 0.950. The lowest BCUT2D eigenvalue weighted by molar-refractivity contribution is 0.299. The van der Waals surface area contributed by atoms with Gasteiger partial charge in [0.05, 0.1) is 12.6 Å². The third-order valence-corrected chi connectivity index (χ3v) is 4.45. The van der Waals surface area contributed by atoms with Crippen molar-refractivity contribution >= 4 is 10.9 Å². The summed E-state index contributed by atoms with van der Waals surface area (Å²) in [6.45, 7) is 5.37. The first-order valence-electron chi connectivity index (χ1n) is 8.97. The second-order valence-electron chi connectivity index (χ2n) is 6.84. The topological polar surface area (TPSA) is 40.5 Å². The van der Waals surface area contributed by atoms with E-state index in [0.29, 0.717) is 24.8 Å². The largest absolute Gasteiger partial charge is 0.497 e. The Morgan fingerprint density at radius 3 is 2.46 bits per heavy atom. The molecular formula is C22H25NO3. The van der Waals surface area contributed by atoms with Crippen LogP contribution in [0.1, 0.15) is 25.8 Å². The summed E-state index contributed by atoms with van der Waals surface area (Å²) in [6, 6.07) is 17.4. The Labute approximate surface area is 154 Å². The quantitative estimate of drug-likeness (QED) is 0.623. The van der Waals surface area contributed by atoms with Crippen molar-refractivity contribution in [3.63, 3.8) is 0 Å². The molecule has 0 saturated heterocycles. The predicted octanol–water partition coefficient (Wildman–Crippen LogP) is 4.64. The van der Waals surface area contributed by atoms with E-state index in [1.54, 1.807) is 7.11 Å². The summed E-state index contributed by atoms with van der Waals surface area (Å²) in [5.41, 5.74) is 1.87. The van der Waals surface area contributed by atoms with Crippen LogP contribution >= 0.6 is 0 Å². The highest BCUT2D eigenvalue weighted by atomic mass is 16.5. The summed E-state index contributed by atoms with van der Waals surface area (Å²) in [7, 11) is 1.64. The number of rotatable bonds is 7. The first kappa shape index (κ1) is 18.1. The van der Waals surface area contributed by atoms with Gasteiger partial charge in [-0.05, 0) is 42.2 Å². The molecule has 2 aromatic carbocycles. The molecule has 0 amide bonds. The van der Waals surface area contributed by atoms with Crippen LogP contribution in [0.4, 0.5) is 0 Å². The number of benzene rings is 2. The van der Waals surface area contributed by atoms with Gasteiger partial charge in [-0.3, -0.25) is 4.79 Å². The fourth-order valence-corrected chi connectivity index (χ4v) is 2.90. The summed E-state index contributed by atoms with van der Waals surface area (Å²) in [5.74, 6) is 1.73. The minimum Gasteiger partial charge on any atom is -0.497 e. The van der Waals surface area contributed by atoms with Gasteiger partial charge in [-0.25, -0.2) is 0 Å². The van der Waals surface area contributed by atoms with Crippen molar-refractivity contribution in [2.45, 2.75) is 33.4 Å². The average Bonchev–Trinajstić information content (AvgIpc) is 2.66. The monoisotopic (exact) mass is 351 g/mol. The molecule has 136 valence electrons. The molecule has 4 nitrogen and oxygen atoms in total. The van der Waals surface area contributed by atoms with Crippen molar-refractivity contribution in [2.75, 3.05) is 7.11 Å². The molecule has 0 N–H and O–H groups in total. The van der Waals surface area contributed by atoms with Crippen molar-refractivity contribution in [1.29, 1.82) is 0 Å². The van der Waals surface area contributed by atoms with Crippen LogP contribution in [0.3, 0.4) is 0 Å². The Morgan fingerprint density at radius 1 is 1.04 bits per heavy atom. The Kier molecular flexibility index (Phi) is 5.61. The van der Waals surface area contributed by atoms with Gasteiger partial charge >= 0.3 is 0 Å². The molecule has 0 unspecified atom stereocenters. The van der Waals surface area contributed by atoms with Gasteiger partial charge in [0.1, 0.15) is 12.4 Å². The summed E-state index contributed by atoms with van der Waals surface area (Å²) >= 11 is 0. The summed E-state index contributed by atoms with van der Waals surface area (Å²) < 4.78 is 12.9. The molecular weight excluding hydrogens is 326 g/mol. The number of hydrogen-bond donors (Lipinski definition) is 0. The zero-order valence-corrected chi connectivity index (χ0v) is 15.6. The molecule has 1 heterocycles. The van der Waals surface area contributed by atoms with E-state index in [1.807, 2.05) is 59.2 Å². The summed E-state index contributed by atoms with van der Waals surface area (Å²) in [5, 5.41) is 1.01. The highest BCUT2D eigenvalue weighted by molar-refractivity contribution is 5.80. The minimum absolute atomic E-state index is 0.0714. The van der Waals surface area contributed by atoms with Crippen LogP contribution in [0.5, 0.6) is 11.5 Å². The van der Waals surface area contributed by atoms with E-state index >= 15 is 0 Å². The molecule has 0 radical (unpaired) electrons. The lowest BCUT2D eigenvalue weighted by Crippen LogP contribution is -2.23. The van der Waals surface area contributed by atoms with Crippen LogP contribution in [0, 0.1) is 5.92 Å². The first-order chi connectivity index (χ1) is 12.6. The molecule has 4 heteroatoms. The number of nitrogens with zero attached hydrogens (tertiary/aromatic N) is 1. The van der Waals surface area contributed by atoms with Gasteiger partial charge in [0.25, 0.3) is 5.56 Å². The van der Waals surface area contributed by atoms with Crippen LogP contribution in [-0.2, 0) is 13.2 Å². The van der Waals surface area contributed by atoms with Crippen LogP contribution in [0.2, 0.25) is 0 Å². The van der Waals surface area contributed by atoms with Gasteiger partial charge in [-0.1, -0.05) is 44.2 Å². The van der Waals surface area contributed by atoms with Gasteiger partial charge in [-0.2, -0.15) is 0 Å². The highest BCUT2D eigenvalue weighted by Gasteiger charge is 2.11. The van der Waals surface area contributed by atoms with Gasteiger partial charge in [0.2, 0.25) is 0 Å². The fraction of sp³-hybridized carbons (Fsp3) is 0.318. The van der Waals surface area contributed by atoms with Crippen molar-refractivity contribution in [1.82, 2.24) is 4.57 Å². The minimum atomic E-state index is -0.0714. The number of fused-ring (bicyclic) bond motifs is 1. The molecule has 0 aliphatic carbocycles. The van der Waals surface area contributed by atoms with E-state index in [2.05, 4.69) is 13.8 Å². The third-order valence-electron chi connectivity index (χ3n) is 4.45. The molecule has 26 heavy (non-hydrogen) atoms. The number of para-hydroxylation sites is 1. The first-order valence-corrected chi connectivity index (χ1v) is 8.97. The SMILES string of the molecule is COc1ccc(COc2cc3ccccc3n(CCC(C)C)c2=O)cc1. The van der Waals surface area contributed by atoms with Crippen LogP contribution < -0.4 is 15.0 Å². The van der Waals surface area contributed by atoms with Crippen molar-refractivity contribution in [2.24, 2.45) is 5.92 Å². The summed E-state index contributed by atoms with van der Waals surface area (Å²) in [4.78, 5) is 12.9. The normalized spacial score (nSPS) is 11.1. The number of methoxy groups -OCH3 is 1. The van der Waals surface area contributed by atoms with Crippen LogP contribution in [-0.4, -0.2) is 11.7 Å². The lowest BCUT2D eigenvalue weighted by Gasteiger charge is -2.15. The van der Waals surface area contributed by atoms with E-state index < -0.39 is 0 Å². The molecule has 3 aromatic rings. The van der Waals surface area contributed by atoms with Gasteiger partial charge < -0.3 is 14.0 Å². The maximum absolute atomic E-state index is 12.9. The van der Waals surface area contributed by atoms with Gasteiger partial charge in [0, 0.05) is 11.9 Å². The van der Waals surface area contributed by atoms with E-state index in [0.717, 1.165) is 28.6 Å². The standard InChI is InChI=1S/C22H25NO3/c1-16(2)12-13-23-20-7-5-4-6-18(20)14-21(22(23)24)26-15-17-8-10-19(25-3)11-9-17/h4-11,14,16H,12-13,15H2,1-3H3. The number of aryl methyl sites for hydroxylation is 1. The molecule has 0 aliphatic rings. The van der Waals surface area contributed by atoms with Crippen LogP contribution in [0.25, 0.3) is 10.9 Å². The molecule has 0 aliphatic heterocycles. The van der Waals surface area contributed by atoms with Gasteiger partial charge in [-0.15, -0.1) is 0 Å². The van der Waals surface area contributed by atoms with Crippen molar-refractivity contribution in [3.8, 4) is 11.5 Å². The third kappa shape index (κ3) is 4.07. The van der Waals surface area contributed by atoms with Gasteiger partial charge in [0.15, 0.2) is 5.75 Å². The Hall–Kier alpha value is -2.75. The van der Waals surface area contributed by atoms with E-state index in [1.165, 1.54) is 0 Å². The maximum Gasteiger partial charge on any atom is 0.293 e. The second kappa shape index (κ2) is 8.09. The molecule has 0 fully saturated rings. The smallest absolute Gasteiger partial charge is 0.293 e. The molecule has 1 aromatic heterocycles. The number of ether oxygens (including phenoxy) is 2. The average molecular weight is 351 g/mol. The molecule has 0 spiro atoms. The van der Waals surface area contributed by atoms with E-state index in [4.69, 9.17) is 9.47 Å². The lowest BCUT2D eigenvalue weighted by atomic mass is 10.1. The number of hydrogen-bond acceptors (Lipinski definition) is 3. The van der Waals surface area contributed by atoms with Crippen molar-refractivity contribution < 1.29 is 9.47 Å². The van der Waals surface area contributed by atoms with Crippen LogP contribution in [0.15, 0.2) is 59.4 Å². The van der Waals surface area contributed by atoms with E-state index in [-0.39, 0.29) is 5.56 Å². The fourth-order valence-electron chi connectivity index (χ4n) is 2.90. The molecule has 3 rings (SSSR count). The van der Waals surface area contributed by atoms with E-state index in [9.17, 15) is 4.79 Å². The highest BCUT2D eigenvalue weighted by Crippen LogP contribution is 2.19. The molecule has 0 atom stereocenters. The Morgan fingerprint density at radius 2 is 1.77 bits per heavy atom. The number of aromatic nitrogens is 1. The Balaban J connectivity index is 1.89. The molecule has 0 bridgehead atoms. The van der Waals surface area contributed by atoms with Crippen molar-refractivity contribution in [3.05, 3.63) is 70.5 Å². The second-order valence-corrected chi connectivity index (χ2v) is 6.84. The predicted molar refractivity (Wildman–Crippen MR) is 105 cm³/mol.